The summed E-state index contributed by atoms with van der Waals surface area (Å²) in [7, 11) is -3.89. The van der Waals surface area contributed by atoms with Crippen molar-refractivity contribution >= 4 is 44.5 Å². The van der Waals surface area contributed by atoms with Crippen molar-refractivity contribution in [2.45, 2.75) is 4.90 Å². The van der Waals surface area contributed by atoms with Gasteiger partial charge in [-0.05, 0) is 24.3 Å². The van der Waals surface area contributed by atoms with E-state index in [0.29, 0.717) is 4.34 Å². The first-order chi connectivity index (χ1) is 9.90. The van der Waals surface area contributed by atoms with E-state index >= 15 is 0 Å². The van der Waals surface area contributed by atoms with Gasteiger partial charge < -0.3 is 5.11 Å². The minimum Gasteiger partial charge on any atom is -0.505 e. The number of thiophene rings is 1. The van der Waals surface area contributed by atoms with Crippen LogP contribution >= 0.6 is 22.9 Å². The zero-order valence-corrected chi connectivity index (χ0v) is 12.7. The number of hydrogen-bond acceptors (Lipinski definition) is 5. The summed E-state index contributed by atoms with van der Waals surface area (Å²) in [6.45, 7) is 0. The largest absolute Gasteiger partial charge is 0.505 e. The van der Waals surface area contributed by atoms with E-state index < -0.39 is 21.6 Å². The number of aliphatic hydroxyl groups is 1. The number of nitrogens with one attached hydrogen (secondary N) is 1. The van der Waals surface area contributed by atoms with Gasteiger partial charge in [0.2, 0.25) is 5.78 Å². The molecule has 2 aromatic rings. The summed E-state index contributed by atoms with van der Waals surface area (Å²) in [6, 6.07) is 8.93. The van der Waals surface area contributed by atoms with E-state index in [-0.39, 0.29) is 21.0 Å². The molecule has 0 aliphatic carbocycles. The number of hydrogen-bond donors (Lipinski definition) is 2. The van der Waals surface area contributed by atoms with Gasteiger partial charge >= 0.3 is 0 Å². The lowest BCUT2D eigenvalue weighted by atomic mass is 10.1. The van der Waals surface area contributed by atoms with Crippen LogP contribution in [0.3, 0.4) is 0 Å². The maximum absolute atomic E-state index is 12.3. The molecule has 2 N–H and O–H groups in total. The maximum atomic E-state index is 12.3. The number of halogens is 1. The van der Waals surface area contributed by atoms with Crippen molar-refractivity contribution in [1.29, 1.82) is 0 Å². The second kappa shape index (κ2) is 4.87. The van der Waals surface area contributed by atoms with E-state index in [1.807, 2.05) is 0 Å². The van der Waals surface area contributed by atoms with E-state index in [1.165, 1.54) is 30.3 Å². The van der Waals surface area contributed by atoms with Gasteiger partial charge in [-0.15, -0.1) is 11.3 Å². The van der Waals surface area contributed by atoms with Crippen LogP contribution in [0.4, 0.5) is 0 Å². The van der Waals surface area contributed by atoms with Gasteiger partial charge in [-0.2, -0.15) is 0 Å². The Labute approximate surface area is 129 Å². The average molecular weight is 342 g/mol. The number of allylic oxidation sites excluding steroid dienone is 1. The Balaban J connectivity index is 2.18. The second-order valence-electron chi connectivity index (χ2n) is 4.26. The predicted octanol–water partition coefficient (Wildman–Crippen LogP) is 2.80. The number of carbonyl (C=O) groups excluding carboxylic acids is 1. The normalized spacial score (nSPS) is 16.2. The summed E-state index contributed by atoms with van der Waals surface area (Å²) in [5.41, 5.74) is -0.269. The lowest BCUT2D eigenvalue weighted by Crippen LogP contribution is -2.32. The van der Waals surface area contributed by atoms with E-state index in [4.69, 9.17) is 11.6 Å². The molecule has 3 rings (SSSR count). The first-order valence-electron chi connectivity index (χ1n) is 5.75. The fraction of sp³-hybridized carbons (Fsp3) is 0. The fourth-order valence-corrected chi connectivity index (χ4v) is 4.25. The molecular weight excluding hydrogens is 334 g/mol. The van der Waals surface area contributed by atoms with Crippen molar-refractivity contribution in [2.75, 3.05) is 0 Å². The Kier molecular flexibility index (Phi) is 3.27. The number of benzene rings is 1. The molecule has 0 spiro atoms. The summed E-state index contributed by atoms with van der Waals surface area (Å²) in [4.78, 5) is 12.5. The summed E-state index contributed by atoms with van der Waals surface area (Å²) < 4.78 is 26.8. The quantitative estimate of drug-likeness (QED) is 0.823. The summed E-state index contributed by atoms with van der Waals surface area (Å²) in [5.74, 6) is -1.02. The summed E-state index contributed by atoms with van der Waals surface area (Å²) in [5, 5.41) is 10.2. The lowest BCUT2D eigenvalue weighted by molar-refractivity contribution is 0.103. The molecule has 1 aromatic carbocycles. The molecule has 0 fully saturated rings. The Bertz CT molecular complexity index is 883. The fourth-order valence-electron chi connectivity index (χ4n) is 1.98. The molecule has 0 saturated carbocycles. The average Bonchev–Trinajstić information content (AvgIpc) is 2.89. The molecule has 2 heterocycles. The van der Waals surface area contributed by atoms with Gasteiger partial charge in [-0.25, -0.2) is 8.42 Å². The van der Waals surface area contributed by atoms with Crippen LogP contribution in [0.5, 0.6) is 0 Å². The highest BCUT2D eigenvalue weighted by Crippen LogP contribution is 2.31. The first kappa shape index (κ1) is 14.1. The van der Waals surface area contributed by atoms with Crippen molar-refractivity contribution in [1.82, 2.24) is 4.72 Å². The van der Waals surface area contributed by atoms with Crippen molar-refractivity contribution in [3.8, 4) is 0 Å². The minimum absolute atomic E-state index is 0.0664. The van der Waals surface area contributed by atoms with Crippen LogP contribution in [0.2, 0.25) is 4.34 Å². The van der Waals surface area contributed by atoms with Crippen molar-refractivity contribution in [3.05, 3.63) is 56.9 Å². The molecule has 8 heteroatoms. The molecule has 1 aliphatic rings. The Morgan fingerprint density at radius 3 is 2.57 bits per heavy atom. The molecule has 5 nitrogen and oxygen atoms in total. The van der Waals surface area contributed by atoms with Gasteiger partial charge in [-0.1, -0.05) is 23.7 Å². The third-order valence-corrected chi connectivity index (χ3v) is 5.57. The predicted molar refractivity (Wildman–Crippen MR) is 80.0 cm³/mol. The monoisotopic (exact) mass is 341 g/mol. The first-order valence-corrected chi connectivity index (χ1v) is 8.43. The standard InChI is InChI=1S/C13H8ClNO4S2/c14-10-6-5-8(20-10)13(17)11-12(16)7-3-1-2-4-9(7)21(18,19)15-11/h1-6,15-16H. The van der Waals surface area contributed by atoms with Gasteiger partial charge in [0.1, 0.15) is 5.70 Å². The number of Topliss-reactive ketones (excluding diaryl/α,β-unsaturated/α-hetero) is 1. The van der Waals surface area contributed by atoms with Gasteiger partial charge in [0.25, 0.3) is 10.0 Å². The van der Waals surface area contributed by atoms with E-state index in [1.54, 1.807) is 6.07 Å². The van der Waals surface area contributed by atoms with Crippen LogP contribution < -0.4 is 4.72 Å². The Hall–Kier alpha value is -1.83. The number of ketones is 1. The number of fused-ring (bicyclic) bond motifs is 1. The molecule has 1 aliphatic heterocycles. The van der Waals surface area contributed by atoms with Crippen LogP contribution in [-0.4, -0.2) is 19.3 Å². The highest BCUT2D eigenvalue weighted by Gasteiger charge is 2.33. The van der Waals surface area contributed by atoms with Crippen LogP contribution in [-0.2, 0) is 10.0 Å². The highest BCUT2D eigenvalue weighted by molar-refractivity contribution is 7.89. The van der Waals surface area contributed by atoms with Gasteiger partial charge in [0.05, 0.1) is 14.1 Å². The summed E-state index contributed by atoms with van der Waals surface area (Å²) >= 11 is 6.77. The minimum atomic E-state index is -3.89. The van der Waals surface area contributed by atoms with Gasteiger partial charge in [0.15, 0.2) is 5.76 Å². The second-order valence-corrected chi connectivity index (χ2v) is 7.62. The molecule has 108 valence electrons. The molecule has 0 bridgehead atoms. The number of sulfonamides is 1. The van der Waals surface area contributed by atoms with Crippen molar-refractivity contribution < 1.29 is 18.3 Å². The van der Waals surface area contributed by atoms with Crippen molar-refractivity contribution in [3.63, 3.8) is 0 Å². The molecule has 21 heavy (non-hydrogen) atoms. The number of aliphatic hydroxyl groups excluding tert-OH is 1. The third-order valence-electron chi connectivity index (χ3n) is 2.93. The van der Waals surface area contributed by atoms with E-state index in [2.05, 4.69) is 4.72 Å². The third kappa shape index (κ3) is 2.33. The molecule has 0 amide bonds. The van der Waals surface area contributed by atoms with E-state index in [0.717, 1.165) is 11.3 Å². The number of rotatable bonds is 2. The van der Waals surface area contributed by atoms with Crippen LogP contribution in [0, 0.1) is 0 Å². The Morgan fingerprint density at radius 2 is 1.90 bits per heavy atom. The number of carbonyl (C=O) groups is 1. The SMILES string of the molecule is O=C(C1=C(O)c2ccccc2S(=O)(=O)N1)c1ccc(Cl)s1. The highest BCUT2D eigenvalue weighted by atomic mass is 35.5. The maximum Gasteiger partial charge on any atom is 0.262 e. The molecule has 0 saturated heterocycles. The van der Waals surface area contributed by atoms with Crippen LogP contribution in [0.25, 0.3) is 5.76 Å². The zero-order valence-electron chi connectivity index (χ0n) is 10.3. The van der Waals surface area contributed by atoms with Gasteiger partial charge in [-0.3, -0.25) is 9.52 Å². The zero-order chi connectivity index (χ0) is 15.2. The molecule has 0 radical (unpaired) electrons. The van der Waals surface area contributed by atoms with Crippen LogP contribution in [0.1, 0.15) is 15.2 Å². The van der Waals surface area contributed by atoms with Gasteiger partial charge in [0, 0.05) is 5.56 Å². The molecule has 0 unspecified atom stereocenters. The molecular formula is C13H8ClNO4S2. The van der Waals surface area contributed by atoms with Crippen LogP contribution in [0.15, 0.2) is 47.0 Å². The lowest BCUT2D eigenvalue weighted by Gasteiger charge is -2.20. The Morgan fingerprint density at radius 1 is 1.19 bits per heavy atom. The molecule has 1 aromatic heterocycles. The van der Waals surface area contributed by atoms with E-state index in [9.17, 15) is 18.3 Å². The van der Waals surface area contributed by atoms with Crippen molar-refractivity contribution in [2.24, 2.45) is 0 Å². The summed E-state index contributed by atoms with van der Waals surface area (Å²) in [6.07, 6.45) is 0. The topological polar surface area (TPSA) is 83.5 Å². The molecule has 0 atom stereocenters. The smallest absolute Gasteiger partial charge is 0.262 e.